The fraction of sp³-hybridized carbons (Fsp3) is 0.500. The van der Waals surface area contributed by atoms with Crippen LogP contribution in [0, 0.1) is 5.92 Å². The van der Waals surface area contributed by atoms with Gasteiger partial charge in [-0.05, 0) is 42.9 Å². The third-order valence-corrected chi connectivity index (χ3v) is 4.23. The molecule has 1 unspecified atom stereocenters. The number of aromatic nitrogens is 1. The van der Waals surface area contributed by atoms with E-state index >= 15 is 0 Å². The lowest BCUT2D eigenvalue weighted by Gasteiger charge is -2.25. The Bertz CT molecular complexity index is 514. The average Bonchev–Trinajstić information content (AvgIpc) is 2.94. The van der Waals surface area contributed by atoms with Gasteiger partial charge in [-0.15, -0.1) is 0 Å². The van der Waals surface area contributed by atoms with Gasteiger partial charge >= 0.3 is 0 Å². The summed E-state index contributed by atoms with van der Waals surface area (Å²) in [5, 5.41) is 0. The van der Waals surface area contributed by atoms with Crippen LogP contribution in [-0.4, -0.2) is 35.1 Å². The summed E-state index contributed by atoms with van der Waals surface area (Å²) in [6.07, 6.45) is 7.95. The molecule has 1 fully saturated rings. The summed E-state index contributed by atoms with van der Waals surface area (Å²) in [6, 6.07) is 3.98. The van der Waals surface area contributed by atoms with E-state index in [4.69, 9.17) is 0 Å². The topological polar surface area (TPSA) is 33.2 Å². The zero-order valence-corrected chi connectivity index (χ0v) is 11.5. The van der Waals surface area contributed by atoms with Gasteiger partial charge in [-0.25, -0.2) is 4.39 Å². The molecule has 0 bridgehead atoms. The standard InChI is InChI=1S/C16H19FN2O/c17-15-7-9-19(11-15)16(20)13-5-3-12(4-6-13)14-2-1-8-18-10-14/h1-3,8,10,13,15H,4-7,9,11H2/t13?,15-/m1/s1. The van der Waals surface area contributed by atoms with Gasteiger partial charge < -0.3 is 4.90 Å². The second-order valence-corrected chi connectivity index (χ2v) is 5.61. The molecule has 20 heavy (non-hydrogen) atoms. The van der Waals surface area contributed by atoms with Crippen molar-refractivity contribution in [2.24, 2.45) is 5.92 Å². The SMILES string of the molecule is O=C(C1CC=C(c2cccnc2)CC1)N1CC[C@@H](F)C1. The van der Waals surface area contributed by atoms with E-state index < -0.39 is 6.17 Å². The van der Waals surface area contributed by atoms with E-state index in [0.717, 1.165) is 24.8 Å². The average molecular weight is 274 g/mol. The lowest BCUT2D eigenvalue weighted by atomic mass is 9.86. The van der Waals surface area contributed by atoms with E-state index in [1.165, 1.54) is 5.57 Å². The van der Waals surface area contributed by atoms with Gasteiger partial charge in [0.25, 0.3) is 0 Å². The predicted octanol–water partition coefficient (Wildman–Crippen LogP) is 2.84. The first-order valence-corrected chi connectivity index (χ1v) is 7.26. The lowest BCUT2D eigenvalue weighted by molar-refractivity contribution is -0.134. The molecule has 0 N–H and O–H groups in total. The van der Waals surface area contributed by atoms with Crippen molar-refractivity contribution in [3.8, 4) is 0 Å². The van der Waals surface area contributed by atoms with E-state index in [1.54, 1.807) is 11.1 Å². The minimum atomic E-state index is -0.830. The molecule has 0 spiro atoms. The van der Waals surface area contributed by atoms with Crippen LogP contribution in [-0.2, 0) is 4.79 Å². The van der Waals surface area contributed by atoms with Gasteiger partial charge in [-0.2, -0.15) is 0 Å². The highest BCUT2D eigenvalue weighted by Crippen LogP contribution is 2.31. The Morgan fingerprint density at radius 2 is 2.30 bits per heavy atom. The molecule has 0 saturated carbocycles. The highest BCUT2D eigenvalue weighted by atomic mass is 19.1. The van der Waals surface area contributed by atoms with Gasteiger partial charge in [-0.1, -0.05) is 12.1 Å². The Morgan fingerprint density at radius 3 is 2.90 bits per heavy atom. The minimum Gasteiger partial charge on any atom is -0.339 e. The fourth-order valence-corrected chi connectivity index (χ4v) is 3.05. The maximum atomic E-state index is 13.2. The lowest BCUT2D eigenvalue weighted by Crippen LogP contribution is -2.35. The second kappa shape index (κ2) is 5.73. The highest BCUT2D eigenvalue weighted by Gasteiger charge is 2.31. The summed E-state index contributed by atoms with van der Waals surface area (Å²) in [7, 11) is 0. The number of amides is 1. The molecule has 3 nitrogen and oxygen atoms in total. The molecule has 3 rings (SSSR count). The molecule has 1 aliphatic carbocycles. The number of nitrogens with zero attached hydrogens (tertiary/aromatic N) is 2. The number of halogens is 1. The number of carbonyl (C=O) groups is 1. The predicted molar refractivity (Wildman–Crippen MR) is 75.6 cm³/mol. The summed E-state index contributed by atoms with van der Waals surface area (Å²) in [6.45, 7) is 0.865. The smallest absolute Gasteiger partial charge is 0.226 e. The Kier molecular flexibility index (Phi) is 3.81. The molecule has 2 heterocycles. The van der Waals surface area contributed by atoms with Gasteiger partial charge in [0.1, 0.15) is 6.17 Å². The minimum absolute atomic E-state index is 0.0284. The summed E-state index contributed by atoms with van der Waals surface area (Å²) < 4.78 is 13.2. The normalized spacial score (nSPS) is 26.4. The number of alkyl halides is 1. The molecule has 1 aromatic rings. The molecule has 0 aromatic carbocycles. The second-order valence-electron chi connectivity index (χ2n) is 5.61. The van der Waals surface area contributed by atoms with Crippen molar-refractivity contribution < 1.29 is 9.18 Å². The number of rotatable bonds is 2. The van der Waals surface area contributed by atoms with Gasteiger partial charge in [0.05, 0.1) is 6.54 Å². The third kappa shape index (κ3) is 2.74. The Labute approximate surface area is 118 Å². The molecule has 1 aromatic heterocycles. The number of allylic oxidation sites excluding steroid dienone is 2. The van der Waals surface area contributed by atoms with Crippen LogP contribution in [0.4, 0.5) is 4.39 Å². The van der Waals surface area contributed by atoms with Crippen LogP contribution in [0.15, 0.2) is 30.6 Å². The van der Waals surface area contributed by atoms with E-state index in [-0.39, 0.29) is 18.4 Å². The van der Waals surface area contributed by atoms with Gasteiger partial charge in [0.15, 0.2) is 0 Å². The molecular formula is C16H19FN2O. The number of pyridine rings is 1. The van der Waals surface area contributed by atoms with Crippen molar-refractivity contribution >= 4 is 11.5 Å². The number of hydrogen-bond acceptors (Lipinski definition) is 2. The van der Waals surface area contributed by atoms with E-state index in [0.29, 0.717) is 13.0 Å². The number of hydrogen-bond donors (Lipinski definition) is 0. The van der Waals surface area contributed by atoms with Crippen molar-refractivity contribution in [2.45, 2.75) is 31.9 Å². The molecule has 2 aliphatic rings. The van der Waals surface area contributed by atoms with Crippen LogP contribution in [0.2, 0.25) is 0 Å². The van der Waals surface area contributed by atoms with Crippen LogP contribution in [0.3, 0.4) is 0 Å². The van der Waals surface area contributed by atoms with E-state index in [2.05, 4.69) is 17.1 Å². The van der Waals surface area contributed by atoms with Crippen molar-refractivity contribution in [3.05, 3.63) is 36.2 Å². The molecule has 4 heteroatoms. The van der Waals surface area contributed by atoms with Crippen LogP contribution in [0.5, 0.6) is 0 Å². The van der Waals surface area contributed by atoms with Crippen LogP contribution >= 0.6 is 0 Å². The van der Waals surface area contributed by atoms with Crippen LogP contribution in [0.1, 0.15) is 31.2 Å². The maximum Gasteiger partial charge on any atom is 0.226 e. The van der Waals surface area contributed by atoms with Crippen molar-refractivity contribution in [1.82, 2.24) is 9.88 Å². The van der Waals surface area contributed by atoms with Gasteiger partial charge in [0, 0.05) is 24.9 Å². The molecule has 1 aliphatic heterocycles. The van der Waals surface area contributed by atoms with Crippen LogP contribution in [0.25, 0.3) is 5.57 Å². The summed E-state index contributed by atoms with van der Waals surface area (Å²) in [4.78, 5) is 18.1. The zero-order valence-electron chi connectivity index (χ0n) is 11.5. The Hall–Kier alpha value is -1.71. The maximum absolute atomic E-state index is 13.2. The fourth-order valence-electron chi connectivity index (χ4n) is 3.05. The highest BCUT2D eigenvalue weighted by molar-refractivity contribution is 5.81. The monoisotopic (exact) mass is 274 g/mol. The Morgan fingerprint density at radius 1 is 1.40 bits per heavy atom. The largest absolute Gasteiger partial charge is 0.339 e. The molecule has 106 valence electrons. The zero-order chi connectivity index (χ0) is 13.9. The molecule has 0 radical (unpaired) electrons. The van der Waals surface area contributed by atoms with E-state index in [9.17, 15) is 9.18 Å². The number of likely N-dealkylation sites (tertiary alicyclic amines) is 1. The summed E-state index contributed by atoms with van der Waals surface area (Å²) in [5.41, 5.74) is 2.41. The van der Waals surface area contributed by atoms with Crippen LogP contribution < -0.4 is 0 Å². The first kappa shape index (κ1) is 13.3. The van der Waals surface area contributed by atoms with Gasteiger partial charge in [0.2, 0.25) is 5.91 Å². The Balaban J connectivity index is 1.63. The molecule has 2 atom stereocenters. The molecular weight excluding hydrogens is 255 g/mol. The first-order valence-electron chi connectivity index (χ1n) is 7.26. The molecule has 1 amide bonds. The van der Waals surface area contributed by atoms with Crippen molar-refractivity contribution in [1.29, 1.82) is 0 Å². The third-order valence-electron chi connectivity index (χ3n) is 4.23. The summed E-state index contributed by atoms with van der Waals surface area (Å²) >= 11 is 0. The van der Waals surface area contributed by atoms with Gasteiger partial charge in [-0.3, -0.25) is 9.78 Å². The number of carbonyl (C=O) groups excluding carboxylic acids is 1. The quantitative estimate of drug-likeness (QED) is 0.831. The van der Waals surface area contributed by atoms with Crippen molar-refractivity contribution in [2.75, 3.05) is 13.1 Å². The van der Waals surface area contributed by atoms with Crippen molar-refractivity contribution in [3.63, 3.8) is 0 Å². The first-order chi connectivity index (χ1) is 9.74. The van der Waals surface area contributed by atoms with E-state index in [1.807, 2.05) is 12.3 Å². The molecule has 1 saturated heterocycles. The summed E-state index contributed by atoms with van der Waals surface area (Å²) in [5.74, 6) is 0.160.